The molecule has 0 unspecified atom stereocenters. The maximum Gasteiger partial charge on any atom is 0.289 e. The number of amides is 1. The quantitative estimate of drug-likeness (QED) is 0.350. The van der Waals surface area contributed by atoms with E-state index < -0.39 is 0 Å². The highest BCUT2D eigenvalue weighted by atomic mass is 32.2. The van der Waals surface area contributed by atoms with E-state index in [1.165, 1.54) is 17.8 Å². The van der Waals surface area contributed by atoms with Crippen molar-refractivity contribution in [3.63, 3.8) is 0 Å². The number of aromatic nitrogens is 2. The molecule has 0 N–H and O–H groups in total. The van der Waals surface area contributed by atoms with Crippen molar-refractivity contribution in [3.8, 4) is 0 Å². The Bertz CT molecular complexity index is 1190. The van der Waals surface area contributed by atoms with Gasteiger partial charge in [0.2, 0.25) is 0 Å². The largest absolute Gasteiger partial charge is 0.455 e. The number of benzene rings is 1. The highest BCUT2D eigenvalue weighted by Crippen LogP contribution is 2.26. The molecule has 0 spiro atoms. The first-order chi connectivity index (χ1) is 17.6. The Morgan fingerprint density at radius 1 is 1.00 bits per heavy atom. The molecule has 1 amide bonds. The van der Waals surface area contributed by atoms with Crippen LogP contribution in [0, 0.1) is 5.82 Å². The smallest absolute Gasteiger partial charge is 0.289 e. The average molecular weight is 512 g/mol. The molecule has 1 aromatic carbocycles. The molecule has 0 radical (unpaired) electrons. The van der Waals surface area contributed by atoms with Gasteiger partial charge in [0.25, 0.3) is 5.91 Å². The van der Waals surface area contributed by atoms with Gasteiger partial charge in [0.05, 0.1) is 24.7 Å². The summed E-state index contributed by atoms with van der Waals surface area (Å²) in [7, 11) is 0. The Hall–Kier alpha value is -3.11. The van der Waals surface area contributed by atoms with Crippen LogP contribution in [0.15, 0.2) is 52.0 Å². The number of aryl methyl sites for hydroxylation is 1. The molecule has 5 rings (SSSR count). The van der Waals surface area contributed by atoms with Gasteiger partial charge in [-0.15, -0.1) is 0 Å². The Morgan fingerprint density at radius 3 is 2.50 bits per heavy atom. The highest BCUT2D eigenvalue weighted by molar-refractivity contribution is 7.98. The fourth-order valence-corrected chi connectivity index (χ4v) is 5.15. The molecule has 36 heavy (non-hydrogen) atoms. The van der Waals surface area contributed by atoms with Gasteiger partial charge in [0, 0.05) is 51.0 Å². The van der Waals surface area contributed by atoms with E-state index in [4.69, 9.17) is 14.1 Å². The van der Waals surface area contributed by atoms with Crippen molar-refractivity contribution < 1.29 is 18.3 Å². The molecule has 2 saturated heterocycles. The Kier molecular flexibility index (Phi) is 7.72. The van der Waals surface area contributed by atoms with Gasteiger partial charge in [0.15, 0.2) is 10.9 Å². The number of carbonyl (C=O) groups excluding carboxylic acids is 1. The van der Waals surface area contributed by atoms with Crippen LogP contribution in [-0.4, -0.2) is 73.3 Å². The predicted octanol–water partition coefficient (Wildman–Crippen LogP) is 3.86. The molecule has 190 valence electrons. The molecule has 0 aliphatic carbocycles. The van der Waals surface area contributed by atoms with E-state index in [9.17, 15) is 9.18 Å². The van der Waals surface area contributed by atoms with E-state index >= 15 is 0 Å². The fourth-order valence-electron chi connectivity index (χ4n) is 4.38. The Morgan fingerprint density at radius 2 is 1.75 bits per heavy atom. The minimum Gasteiger partial charge on any atom is -0.455 e. The van der Waals surface area contributed by atoms with Gasteiger partial charge in [0.1, 0.15) is 17.4 Å². The van der Waals surface area contributed by atoms with Gasteiger partial charge >= 0.3 is 0 Å². The monoisotopic (exact) mass is 511 g/mol. The number of carbonyl (C=O) groups is 1. The molecule has 2 aliphatic heterocycles. The number of nitrogens with zero attached hydrogens (tertiary/aromatic N) is 5. The van der Waals surface area contributed by atoms with E-state index in [2.05, 4.69) is 21.7 Å². The molecule has 0 bridgehead atoms. The van der Waals surface area contributed by atoms with Crippen LogP contribution >= 0.6 is 11.8 Å². The lowest BCUT2D eigenvalue weighted by Crippen LogP contribution is -2.47. The molecule has 4 heterocycles. The van der Waals surface area contributed by atoms with Crippen LogP contribution < -0.4 is 9.80 Å². The molecule has 8 nitrogen and oxygen atoms in total. The third kappa shape index (κ3) is 5.65. The third-order valence-corrected chi connectivity index (χ3v) is 7.29. The van der Waals surface area contributed by atoms with Gasteiger partial charge in [-0.2, -0.15) is 0 Å². The van der Waals surface area contributed by atoms with Crippen molar-refractivity contribution in [1.82, 2.24) is 14.9 Å². The van der Waals surface area contributed by atoms with E-state index in [1.54, 1.807) is 17.0 Å². The van der Waals surface area contributed by atoms with Crippen molar-refractivity contribution in [3.05, 3.63) is 65.5 Å². The summed E-state index contributed by atoms with van der Waals surface area (Å²) in [5, 5.41) is 0.679. The van der Waals surface area contributed by atoms with E-state index in [1.807, 2.05) is 24.3 Å². The van der Waals surface area contributed by atoms with Gasteiger partial charge in [-0.05, 0) is 30.7 Å². The third-order valence-electron chi connectivity index (χ3n) is 6.42. The number of anilines is 2. The number of ether oxygens (including phenoxy) is 1. The second kappa shape index (κ2) is 11.3. The minimum atomic E-state index is -0.187. The van der Waals surface area contributed by atoms with Crippen molar-refractivity contribution in [1.29, 1.82) is 0 Å². The maximum atomic E-state index is 14.2. The van der Waals surface area contributed by atoms with Crippen LogP contribution in [0.4, 0.5) is 15.9 Å². The number of piperazine rings is 1. The number of rotatable bonds is 7. The van der Waals surface area contributed by atoms with E-state index in [0.29, 0.717) is 54.4 Å². The van der Waals surface area contributed by atoms with Crippen LogP contribution in [0.5, 0.6) is 0 Å². The zero-order chi connectivity index (χ0) is 24.9. The summed E-state index contributed by atoms with van der Waals surface area (Å²) in [5.74, 6) is 2.19. The predicted molar refractivity (Wildman–Crippen MR) is 137 cm³/mol. The number of hydrogen-bond acceptors (Lipinski definition) is 8. The normalized spacial score (nSPS) is 16.4. The maximum absolute atomic E-state index is 14.2. The lowest BCUT2D eigenvalue weighted by atomic mass is 10.2. The molecule has 3 aromatic rings. The number of thioether (sulfide) groups is 1. The number of para-hydroxylation sites is 1. The van der Waals surface area contributed by atoms with Gasteiger partial charge in [-0.1, -0.05) is 30.8 Å². The van der Waals surface area contributed by atoms with Crippen molar-refractivity contribution in [2.24, 2.45) is 0 Å². The fraction of sp³-hybridized carbons (Fsp3) is 0.423. The summed E-state index contributed by atoms with van der Waals surface area (Å²) in [6.07, 6.45) is 0.803. The van der Waals surface area contributed by atoms with Gasteiger partial charge < -0.3 is 23.9 Å². The van der Waals surface area contributed by atoms with E-state index in [0.717, 1.165) is 44.1 Å². The number of morpholine rings is 1. The summed E-state index contributed by atoms with van der Waals surface area (Å²) in [4.78, 5) is 28.2. The first-order valence-electron chi connectivity index (χ1n) is 12.3. The minimum absolute atomic E-state index is 0.101. The van der Waals surface area contributed by atoms with Crippen LogP contribution in [0.3, 0.4) is 0 Å². The van der Waals surface area contributed by atoms with Crippen LogP contribution in [-0.2, 0) is 16.9 Å². The molecule has 2 fully saturated rings. The SMILES string of the molecule is CCc1cc(N2CCN(c3ccccc3F)CC2)nc(SCc2ccc(C(=O)N3CCOCC3)o2)n1. The lowest BCUT2D eigenvalue weighted by Gasteiger charge is -2.37. The molecule has 10 heteroatoms. The lowest BCUT2D eigenvalue weighted by molar-refractivity contribution is 0.0282. The van der Waals surface area contributed by atoms with Gasteiger partial charge in [-0.3, -0.25) is 4.79 Å². The summed E-state index contributed by atoms with van der Waals surface area (Å²) in [6, 6.07) is 12.5. The number of furan rings is 1. The molecule has 2 aromatic heterocycles. The molecule has 0 atom stereocenters. The van der Waals surface area contributed by atoms with E-state index in [-0.39, 0.29) is 11.7 Å². The molecular weight excluding hydrogens is 481 g/mol. The first-order valence-corrected chi connectivity index (χ1v) is 13.3. The molecule has 0 saturated carbocycles. The topological polar surface area (TPSA) is 74.9 Å². The Balaban J connectivity index is 1.22. The first kappa shape index (κ1) is 24.6. The second-order valence-corrected chi connectivity index (χ2v) is 9.68. The summed E-state index contributed by atoms with van der Waals surface area (Å²) >= 11 is 1.49. The zero-order valence-corrected chi connectivity index (χ0v) is 21.2. The van der Waals surface area contributed by atoms with Gasteiger partial charge in [-0.25, -0.2) is 14.4 Å². The molecule has 2 aliphatic rings. The second-order valence-electron chi connectivity index (χ2n) is 8.74. The van der Waals surface area contributed by atoms with Crippen LogP contribution in [0.1, 0.15) is 28.9 Å². The van der Waals surface area contributed by atoms with Crippen molar-refractivity contribution in [2.45, 2.75) is 24.3 Å². The highest BCUT2D eigenvalue weighted by Gasteiger charge is 2.23. The zero-order valence-electron chi connectivity index (χ0n) is 20.4. The molecular formula is C26H30FN5O3S. The van der Waals surface area contributed by atoms with Crippen LogP contribution in [0.2, 0.25) is 0 Å². The number of hydrogen-bond donors (Lipinski definition) is 0. The average Bonchev–Trinajstić information content (AvgIpc) is 3.41. The summed E-state index contributed by atoms with van der Waals surface area (Å²) < 4.78 is 25.3. The standard InChI is InChI=1S/C26H30FN5O3S/c1-2-19-17-24(31-11-9-30(10-12-31)22-6-4-3-5-21(22)27)29-26(28-19)36-18-20-7-8-23(35-20)25(33)32-13-15-34-16-14-32/h3-8,17H,2,9-16,18H2,1H3. The number of halogens is 1. The summed E-state index contributed by atoms with van der Waals surface area (Å²) in [6.45, 7) is 7.31. The van der Waals surface area contributed by atoms with Crippen LogP contribution in [0.25, 0.3) is 0 Å². The Labute approximate surface area is 214 Å². The summed E-state index contributed by atoms with van der Waals surface area (Å²) in [5.41, 5.74) is 1.62. The van der Waals surface area contributed by atoms with Crippen molar-refractivity contribution in [2.75, 3.05) is 62.3 Å². The van der Waals surface area contributed by atoms with Crippen molar-refractivity contribution >= 4 is 29.2 Å².